The number of hydrogen-bond acceptors (Lipinski definition) is 4. The highest BCUT2D eigenvalue weighted by molar-refractivity contribution is 6.01. The first-order valence-corrected chi connectivity index (χ1v) is 6.89. The summed E-state index contributed by atoms with van der Waals surface area (Å²) >= 11 is 0. The molecule has 2 N–H and O–H groups in total. The maximum Gasteiger partial charge on any atom is 0.140 e. The summed E-state index contributed by atoms with van der Waals surface area (Å²) in [6.45, 7) is 2.49. The Morgan fingerprint density at radius 2 is 2.45 bits per heavy atom. The molecule has 1 fully saturated rings. The van der Waals surface area contributed by atoms with Crippen LogP contribution in [0.4, 0.5) is 0 Å². The molecule has 0 amide bonds. The second-order valence-electron chi connectivity index (χ2n) is 5.22. The van der Waals surface area contributed by atoms with E-state index in [4.69, 9.17) is 4.74 Å². The van der Waals surface area contributed by atoms with Crippen LogP contribution in [0.3, 0.4) is 0 Å². The monoisotopic (exact) mass is 272 g/mol. The summed E-state index contributed by atoms with van der Waals surface area (Å²) in [5.41, 5.74) is 2.61. The fraction of sp³-hybridized carbons (Fsp3) is 0.429. The maximum atomic E-state index is 10.0. The number of rotatable bonds is 2. The molecule has 0 radical (unpaired) electrons. The zero-order valence-electron chi connectivity index (χ0n) is 11.2. The molecule has 2 atom stereocenters. The molecule has 0 aromatic carbocycles. The van der Waals surface area contributed by atoms with E-state index in [0.717, 1.165) is 41.5 Å². The first-order chi connectivity index (χ1) is 9.75. The van der Waals surface area contributed by atoms with E-state index >= 15 is 0 Å². The summed E-state index contributed by atoms with van der Waals surface area (Å²) < 4.78 is 7.84. The Hall–Kier alpha value is -1.92. The molecule has 3 aromatic heterocycles. The van der Waals surface area contributed by atoms with Crippen LogP contribution < -0.4 is 0 Å². The predicted octanol–water partition coefficient (Wildman–Crippen LogP) is 2.27. The van der Waals surface area contributed by atoms with Crippen molar-refractivity contribution in [3.05, 3.63) is 24.3 Å². The van der Waals surface area contributed by atoms with Crippen molar-refractivity contribution in [2.24, 2.45) is 0 Å². The second kappa shape index (κ2) is 4.29. The number of imidazole rings is 1. The molecule has 1 aliphatic heterocycles. The lowest BCUT2D eigenvalue weighted by Gasteiger charge is -2.17. The van der Waals surface area contributed by atoms with E-state index in [0.29, 0.717) is 5.82 Å². The zero-order valence-corrected chi connectivity index (χ0v) is 11.2. The lowest BCUT2D eigenvalue weighted by Crippen LogP contribution is -2.13. The van der Waals surface area contributed by atoms with Gasteiger partial charge in [0.05, 0.1) is 11.7 Å². The Labute approximate surface area is 115 Å². The van der Waals surface area contributed by atoms with Crippen molar-refractivity contribution in [2.75, 3.05) is 6.61 Å². The molecule has 4 heterocycles. The van der Waals surface area contributed by atoms with Crippen molar-refractivity contribution >= 4 is 22.1 Å². The molecule has 4 rings (SSSR count). The number of aliphatic hydroxyl groups is 1. The van der Waals surface area contributed by atoms with Gasteiger partial charge in [0.25, 0.3) is 0 Å². The van der Waals surface area contributed by atoms with Gasteiger partial charge in [0.1, 0.15) is 29.3 Å². The van der Waals surface area contributed by atoms with Gasteiger partial charge in [0, 0.05) is 18.2 Å². The molecule has 0 aliphatic carbocycles. The normalized spacial score (nSPS) is 21.0. The van der Waals surface area contributed by atoms with Crippen molar-refractivity contribution < 1.29 is 9.84 Å². The third-order valence-corrected chi connectivity index (χ3v) is 3.83. The van der Waals surface area contributed by atoms with Gasteiger partial charge in [-0.05, 0) is 25.8 Å². The minimum atomic E-state index is -0.638. The zero-order chi connectivity index (χ0) is 13.7. The molecule has 104 valence electrons. The second-order valence-corrected chi connectivity index (χ2v) is 5.22. The highest BCUT2D eigenvalue weighted by Gasteiger charge is 2.26. The number of nitrogens with one attached hydrogen (secondary N) is 1. The van der Waals surface area contributed by atoms with Gasteiger partial charge in [-0.1, -0.05) is 0 Å². The van der Waals surface area contributed by atoms with Gasteiger partial charge in [-0.2, -0.15) is 0 Å². The van der Waals surface area contributed by atoms with E-state index in [1.165, 1.54) is 0 Å². The van der Waals surface area contributed by atoms with Gasteiger partial charge in [0.2, 0.25) is 0 Å². The number of aromatic nitrogens is 4. The van der Waals surface area contributed by atoms with Gasteiger partial charge in [-0.3, -0.25) is 4.57 Å². The summed E-state index contributed by atoms with van der Waals surface area (Å²) in [6.07, 6.45) is 4.90. The maximum absolute atomic E-state index is 10.0. The number of fused-ring (bicyclic) bond motifs is 3. The van der Waals surface area contributed by atoms with Crippen LogP contribution in [0.1, 0.15) is 37.9 Å². The van der Waals surface area contributed by atoms with E-state index in [2.05, 4.69) is 15.0 Å². The molecule has 20 heavy (non-hydrogen) atoms. The quantitative estimate of drug-likeness (QED) is 0.750. The summed E-state index contributed by atoms with van der Waals surface area (Å²) in [4.78, 5) is 12.0. The van der Waals surface area contributed by atoms with Gasteiger partial charge < -0.3 is 14.8 Å². The number of nitrogens with zero attached hydrogens (tertiary/aromatic N) is 3. The third kappa shape index (κ3) is 1.58. The Bertz CT molecular complexity index is 768. The van der Waals surface area contributed by atoms with E-state index in [9.17, 15) is 5.11 Å². The summed E-state index contributed by atoms with van der Waals surface area (Å²) in [7, 11) is 0. The molecule has 1 unspecified atom stereocenters. The Balaban J connectivity index is 2.08. The van der Waals surface area contributed by atoms with E-state index < -0.39 is 6.10 Å². The van der Waals surface area contributed by atoms with Crippen LogP contribution in [-0.4, -0.2) is 31.2 Å². The van der Waals surface area contributed by atoms with Gasteiger partial charge in [0.15, 0.2) is 0 Å². The van der Waals surface area contributed by atoms with Gasteiger partial charge in [-0.15, -0.1) is 0 Å². The summed E-state index contributed by atoms with van der Waals surface area (Å²) in [5.74, 6) is 0.641. The fourth-order valence-corrected chi connectivity index (χ4v) is 2.96. The van der Waals surface area contributed by atoms with Gasteiger partial charge >= 0.3 is 0 Å². The average molecular weight is 272 g/mol. The highest BCUT2D eigenvalue weighted by Crippen LogP contribution is 2.34. The Morgan fingerprint density at radius 3 is 3.20 bits per heavy atom. The summed E-state index contributed by atoms with van der Waals surface area (Å²) in [6, 6.07) is 1.99. The SMILES string of the molecule is C[C@@H](O)c1nc2cnc3[nH]ccc3c2n1C1CCCO1. The molecule has 6 nitrogen and oxygen atoms in total. The standard InChI is InChI=1S/C14H16N4O2/c1-8(19)14-17-10-7-16-13-9(4-5-15-13)12(10)18(14)11-3-2-6-20-11/h4-5,7-8,11,19H,2-3,6H2,1H3,(H,15,16)/t8-,11?/m1/s1. The number of aromatic amines is 1. The van der Waals surface area contributed by atoms with Crippen molar-refractivity contribution in [1.29, 1.82) is 0 Å². The topological polar surface area (TPSA) is 76.0 Å². The largest absolute Gasteiger partial charge is 0.385 e. The molecule has 0 bridgehead atoms. The van der Waals surface area contributed by atoms with Crippen LogP contribution in [0.2, 0.25) is 0 Å². The number of aliphatic hydroxyl groups excluding tert-OH is 1. The molecule has 0 saturated carbocycles. The lowest BCUT2D eigenvalue weighted by atomic mass is 10.2. The van der Waals surface area contributed by atoms with Gasteiger partial charge in [-0.25, -0.2) is 9.97 Å². The number of pyridine rings is 1. The first kappa shape index (κ1) is 11.9. The highest BCUT2D eigenvalue weighted by atomic mass is 16.5. The minimum Gasteiger partial charge on any atom is -0.385 e. The Kier molecular flexibility index (Phi) is 2.55. The number of hydrogen-bond donors (Lipinski definition) is 2. The van der Waals surface area contributed by atoms with E-state index in [1.54, 1.807) is 13.1 Å². The molecular weight excluding hydrogens is 256 g/mol. The lowest BCUT2D eigenvalue weighted by molar-refractivity contribution is 0.0505. The van der Waals surface area contributed by atoms with Crippen LogP contribution in [0.25, 0.3) is 22.1 Å². The van der Waals surface area contributed by atoms with Crippen molar-refractivity contribution in [2.45, 2.75) is 32.1 Å². The van der Waals surface area contributed by atoms with Crippen LogP contribution in [-0.2, 0) is 4.74 Å². The van der Waals surface area contributed by atoms with Crippen LogP contribution in [0.5, 0.6) is 0 Å². The van der Waals surface area contributed by atoms with Crippen molar-refractivity contribution in [3.63, 3.8) is 0 Å². The fourth-order valence-electron chi connectivity index (χ4n) is 2.96. The number of H-pyrrole nitrogens is 1. The molecule has 3 aromatic rings. The molecular formula is C14H16N4O2. The summed E-state index contributed by atoms with van der Waals surface area (Å²) in [5, 5.41) is 11.0. The van der Waals surface area contributed by atoms with Crippen LogP contribution in [0, 0.1) is 0 Å². The molecule has 6 heteroatoms. The average Bonchev–Trinajstić information content (AvgIpc) is 3.15. The van der Waals surface area contributed by atoms with Crippen molar-refractivity contribution in [1.82, 2.24) is 19.5 Å². The van der Waals surface area contributed by atoms with E-state index in [1.807, 2.05) is 16.8 Å². The number of ether oxygens (including phenoxy) is 1. The first-order valence-electron chi connectivity index (χ1n) is 6.89. The van der Waals surface area contributed by atoms with Crippen LogP contribution >= 0.6 is 0 Å². The molecule has 1 saturated heterocycles. The smallest absolute Gasteiger partial charge is 0.140 e. The molecule has 0 spiro atoms. The van der Waals surface area contributed by atoms with Crippen molar-refractivity contribution in [3.8, 4) is 0 Å². The Morgan fingerprint density at radius 1 is 1.55 bits per heavy atom. The molecule has 1 aliphatic rings. The minimum absolute atomic E-state index is 0.0508. The third-order valence-electron chi connectivity index (χ3n) is 3.83. The predicted molar refractivity (Wildman–Crippen MR) is 74.2 cm³/mol. The van der Waals surface area contributed by atoms with Crippen LogP contribution in [0.15, 0.2) is 18.5 Å². The van der Waals surface area contributed by atoms with E-state index in [-0.39, 0.29) is 6.23 Å².